The topological polar surface area (TPSA) is 69.2 Å². The van der Waals surface area contributed by atoms with E-state index in [9.17, 15) is 4.79 Å². The first-order chi connectivity index (χ1) is 12.1. The number of amides is 1. The molecule has 3 rings (SSSR count). The highest BCUT2D eigenvalue weighted by atomic mass is 35.5. The molecule has 6 nitrogen and oxygen atoms in total. The monoisotopic (exact) mass is 380 g/mol. The number of hydrogen-bond donors (Lipinski definition) is 1. The number of halogens is 2. The predicted octanol–water partition coefficient (Wildman–Crippen LogP) is 3.65. The largest absolute Gasteiger partial charge is 0.468 e. The summed E-state index contributed by atoms with van der Waals surface area (Å²) in [5.41, 5.74) is 1.24. The Morgan fingerprint density at radius 2 is 1.96 bits per heavy atom. The Hall–Kier alpha value is -2.44. The van der Waals surface area contributed by atoms with Gasteiger partial charge in [0.05, 0.1) is 23.7 Å². The summed E-state index contributed by atoms with van der Waals surface area (Å²) in [6, 6.07) is 10.2. The quantitative estimate of drug-likeness (QED) is 0.651. The number of amidine groups is 1. The van der Waals surface area contributed by atoms with Crippen LogP contribution in [0.15, 0.2) is 41.4 Å². The third-order valence-corrected chi connectivity index (χ3v) is 4.18. The lowest BCUT2D eigenvalue weighted by molar-refractivity contribution is 0.0968. The Balaban J connectivity index is 1.68. The fourth-order valence-electron chi connectivity index (χ4n) is 2.16. The summed E-state index contributed by atoms with van der Waals surface area (Å²) in [5.74, 6) is 0.976. The minimum atomic E-state index is -0.398. The standard InChI is InChI=1S/C17H14Cl2N2O4/c1-23-17(21-16(22)11-3-4-12(18)13(19)7-11)20-8-10-2-5-14-15(6-10)25-9-24-14/h2-7H,8-9H2,1H3,(H,20,21,22). The highest BCUT2D eigenvalue weighted by Crippen LogP contribution is 2.32. The molecule has 0 unspecified atom stereocenters. The van der Waals surface area contributed by atoms with Gasteiger partial charge in [0, 0.05) is 5.56 Å². The third-order valence-electron chi connectivity index (χ3n) is 3.44. The number of benzene rings is 2. The van der Waals surface area contributed by atoms with Gasteiger partial charge in [-0.25, -0.2) is 4.99 Å². The second-order valence-corrected chi connectivity index (χ2v) is 5.91. The number of methoxy groups -OCH3 is 1. The molecule has 2 aromatic carbocycles. The van der Waals surface area contributed by atoms with E-state index < -0.39 is 5.91 Å². The zero-order valence-corrected chi connectivity index (χ0v) is 14.7. The van der Waals surface area contributed by atoms with E-state index in [0.29, 0.717) is 33.7 Å². The first kappa shape index (κ1) is 17.4. The zero-order chi connectivity index (χ0) is 17.8. The third kappa shape index (κ3) is 4.15. The summed E-state index contributed by atoms with van der Waals surface area (Å²) in [7, 11) is 1.42. The van der Waals surface area contributed by atoms with Gasteiger partial charge >= 0.3 is 0 Å². The van der Waals surface area contributed by atoms with E-state index in [0.717, 1.165) is 5.56 Å². The van der Waals surface area contributed by atoms with Crippen LogP contribution in [0.1, 0.15) is 15.9 Å². The molecule has 1 aliphatic rings. The van der Waals surface area contributed by atoms with Crippen molar-refractivity contribution in [1.82, 2.24) is 5.32 Å². The molecule has 0 atom stereocenters. The number of rotatable bonds is 3. The molecule has 0 radical (unpaired) electrons. The van der Waals surface area contributed by atoms with Crippen molar-refractivity contribution in [2.24, 2.45) is 4.99 Å². The van der Waals surface area contributed by atoms with Gasteiger partial charge in [0.2, 0.25) is 6.79 Å². The molecule has 1 N–H and O–H groups in total. The second-order valence-electron chi connectivity index (χ2n) is 5.10. The lowest BCUT2D eigenvalue weighted by atomic mass is 10.2. The van der Waals surface area contributed by atoms with Crippen molar-refractivity contribution in [2.45, 2.75) is 6.54 Å². The van der Waals surface area contributed by atoms with Crippen molar-refractivity contribution in [1.29, 1.82) is 0 Å². The molecular formula is C17H14Cl2N2O4. The number of nitrogens with one attached hydrogen (secondary N) is 1. The van der Waals surface area contributed by atoms with Crippen LogP contribution < -0.4 is 14.8 Å². The molecule has 0 aromatic heterocycles. The first-order valence-electron chi connectivity index (χ1n) is 7.30. The molecular weight excluding hydrogens is 367 g/mol. The maximum atomic E-state index is 12.2. The number of hydrogen-bond acceptors (Lipinski definition) is 5. The van der Waals surface area contributed by atoms with E-state index >= 15 is 0 Å². The van der Waals surface area contributed by atoms with Gasteiger partial charge in [0.15, 0.2) is 11.5 Å². The SMILES string of the molecule is COC(=NCc1ccc2c(c1)OCO2)NC(=O)c1ccc(Cl)c(Cl)c1. The molecule has 0 aliphatic carbocycles. The Kier molecular flexibility index (Phi) is 5.31. The molecule has 8 heteroatoms. The first-order valence-corrected chi connectivity index (χ1v) is 8.06. The van der Waals surface area contributed by atoms with Gasteiger partial charge in [-0.1, -0.05) is 29.3 Å². The number of ether oxygens (including phenoxy) is 3. The smallest absolute Gasteiger partial charge is 0.291 e. The molecule has 0 saturated heterocycles. The molecule has 1 heterocycles. The van der Waals surface area contributed by atoms with E-state index in [1.54, 1.807) is 12.1 Å². The molecule has 25 heavy (non-hydrogen) atoms. The molecule has 130 valence electrons. The fourth-order valence-corrected chi connectivity index (χ4v) is 2.46. The van der Waals surface area contributed by atoms with Crippen LogP contribution in [0, 0.1) is 0 Å². The van der Waals surface area contributed by atoms with Crippen LogP contribution in [0.4, 0.5) is 0 Å². The Labute approximate surface area is 154 Å². The van der Waals surface area contributed by atoms with E-state index in [1.807, 2.05) is 18.2 Å². The number of carbonyl (C=O) groups is 1. The summed E-state index contributed by atoms with van der Waals surface area (Å²) < 4.78 is 15.7. The van der Waals surface area contributed by atoms with Crippen LogP contribution in [0.3, 0.4) is 0 Å². The molecule has 2 aromatic rings. The lowest BCUT2D eigenvalue weighted by Crippen LogP contribution is -2.31. The highest BCUT2D eigenvalue weighted by Gasteiger charge is 2.14. The van der Waals surface area contributed by atoms with Gasteiger partial charge in [-0.05, 0) is 35.9 Å². The van der Waals surface area contributed by atoms with Crippen LogP contribution in [-0.2, 0) is 11.3 Å². The second kappa shape index (κ2) is 7.63. The fraction of sp³-hybridized carbons (Fsp3) is 0.176. The molecule has 1 amide bonds. The van der Waals surface area contributed by atoms with E-state index in [-0.39, 0.29) is 12.8 Å². The van der Waals surface area contributed by atoms with Crippen LogP contribution >= 0.6 is 23.2 Å². The molecule has 0 saturated carbocycles. The van der Waals surface area contributed by atoms with Crippen molar-refractivity contribution >= 4 is 35.1 Å². The maximum Gasteiger partial charge on any atom is 0.291 e. The zero-order valence-electron chi connectivity index (χ0n) is 13.2. The van der Waals surface area contributed by atoms with Gasteiger partial charge in [0.1, 0.15) is 0 Å². The van der Waals surface area contributed by atoms with Crippen LogP contribution in [0.5, 0.6) is 11.5 Å². The van der Waals surface area contributed by atoms with Crippen molar-refractivity contribution < 1.29 is 19.0 Å². The highest BCUT2D eigenvalue weighted by molar-refractivity contribution is 6.42. The molecule has 0 bridgehead atoms. The summed E-state index contributed by atoms with van der Waals surface area (Å²) in [6.45, 7) is 0.520. The molecule has 0 spiro atoms. The Morgan fingerprint density at radius 1 is 1.16 bits per heavy atom. The summed E-state index contributed by atoms with van der Waals surface area (Å²) in [4.78, 5) is 16.5. The van der Waals surface area contributed by atoms with E-state index in [1.165, 1.54) is 13.2 Å². The molecule has 1 aliphatic heterocycles. The van der Waals surface area contributed by atoms with Crippen molar-refractivity contribution in [3.05, 3.63) is 57.6 Å². The maximum absolute atomic E-state index is 12.2. The number of aliphatic imine (C=N–C) groups is 1. The van der Waals surface area contributed by atoms with Gasteiger partial charge in [-0.2, -0.15) is 0 Å². The Bertz CT molecular complexity index is 839. The number of fused-ring (bicyclic) bond motifs is 1. The van der Waals surface area contributed by atoms with E-state index in [4.69, 9.17) is 37.4 Å². The van der Waals surface area contributed by atoms with Gasteiger partial charge in [0.25, 0.3) is 11.9 Å². The van der Waals surface area contributed by atoms with Crippen molar-refractivity contribution in [3.63, 3.8) is 0 Å². The normalized spacial score (nSPS) is 12.8. The summed E-state index contributed by atoms with van der Waals surface area (Å²) in [5, 5.41) is 3.26. The van der Waals surface area contributed by atoms with Crippen LogP contribution in [0.2, 0.25) is 10.0 Å². The average Bonchev–Trinajstić information content (AvgIpc) is 3.08. The number of carbonyl (C=O) groups excluding carboxylic acids is 1. The minimum absolute atomic E-state index is 0.0914. The van der Waals surface area contributed by atoms with Gasteiger partial charge in [-0.15, -0.1) is 0 Å². The molecule has 0 fully saturated rings. The summed E-state index contributed by atoms with van der Waals surface area (Å²) >= 11 is 11.8. The van der Waals surface area contributed by atoms with Gasteiger partial charge < -0.3 is 14.2 Å². The average molecular weight is 381 g/mol. The minimum Gasteiger partial charge on any atom is -0.468 e. The lowest BCUT2D eigenvalue weighted by Gasteiger charge is -2.08. The van der Waals surface area contributed by atoms with Crippen LogP contribution in [0.25, 0.3) is 0 Å². The van der Waals surface area contributed by atoms with Gasteiger partial charge in [-0.3, -0.25) is 10.1 Å². The van der Waals surface area contributed by atoms with E-state index in [2.05, 4.69) is 10.3 Å². The van der Waals surface area contributed by atoms with Crippen molar-refractivity contribution in [3.8, 4) is 11.5 Å². The van der Waals surface area contributed by atoms with Crippen molar-refractivity contribution in [2.75, 3.05) is 13.9 Å². The predicted molar refractivity (Wildman–Crippen MR) is 94.6 cm³/mol. The van der Waals surface area contributed by atoms with Crippen LogP contribution in [-0.4, -0.2) is 25.8 Å². The Morgan fingerprint density at radius 3 is 2.72 bits per heavy atom. The summed E-state index contributed by atoms with van der Waals surface area (Å²) in [6.07, 6.45) is 0. The number of nitrogens with zero attached hydrogens (tertiary/aromatic N) is 1.